The average Bonchev–Trinajstić information content (AvgIpc) is 2.74. The molecule has 1 unspecified atom stereocenters. The van der Waals surface area contributed by atoms with Crippen LogP contribution in [0, 0.1) is 10.8 Å². The van der Waals surface area contributed by atoms with Gasteiger partial charge in [-0.2, -0.15) is 0 Å². The van der Waals surface area contributed by atoms with Gasteiger partial charge in [0.2, 0.25) is 0 Å². The number of benzene rings is 3. The molecule has 0 radical (unpaired) electrons. The van der Waals surface area contributed by atoms with E-state index in [9.17, 15) is 10.2 Å². The van der Waals surface area contributed by atoms with Crippen LogP contribution in [0.5, 0.6) is 5.75 Å². The van der Waals surface area contributed by atoms with Gasteiger partial charge in [-0.25, -0.2) is 0 Å². The third-order valence-electron chi connectivity index (χ3n) is 6.70. The predicted molar refractivity (Wildman–Crippen MR) is 133 cm³/mol. The molecule has 4 rings (SSSR count). The SMILES string of the molecule is CC1(C)CC(=Cc2ccc(O)cc2)C(c2ccc(-c3cccc(CO)c3)cc2)C(C)(C)C1. The van der Waals surface area contributed by atoms with Crippen LogP contribution in [0.3, 0.4) is 0 Å². The summed E-state index contributed by atoms with van der Waals surface area (Å²) in [5.41, 5.74) is 7.53. The standard InChI is InChI=1S/C30H34O2/c1-29(2)18-26(16-21-8-14-27(32)15-9-21)28(30(3,4)20-29)24-12-10-23(11-13-24)25-7-5-6-22(17-25)19-31/h5-17,28,31-32H,18-20H2,1-4H3. The Morgan fingerprint density at radius 1 is 0.875 bits per heavy atom. The van der Waals surface area contributed by atoms with Crippen LogP contribution >= 0.6 is 0 Å². The fourth-order valence-electron chi connectivity index (χ4n) is 5.86. The quantitative estimate of drug-likeness (QED) is 0.452. The van der Waals surface area contributed by atoms with E-state index in [1.54, 1.807) is 12.1 Å². The van der Waals surface area contributed by atoms with E-state index in [0.29, 0.717) is 11.7 Å². The minimum Gasteiger partial charge on any atom is -0.508 e. The first kappa shape index (κ1) is 22.4. The number of phenolic OH excluding ortho intramolecular Hbond substituents is 1. The summed E-state index contributed by atoms with van der Waals surface area (Å²) >= 11 is 0. The monoisotopic (exact) mass is 426 g/mol. The van der Waals surface area contributed by atoms with Gasteiger partial charge in [0.1, 0.15) is 5.75 Å². The molecule has 0 aromatic heterocycles. The number of rotatable bonds is 4. The van der Waals surface area contributed by atoms with Crippen molar-refractivity contribution < 1.29 is 10.2 Å². The van der Waals surface area contributed by atoms with Gasteiger partial charge in [-0.3, -0.25) is 0 Å². The lowest BCUT2D eigenvalue weighted by Crippen LogP contribution is -2.36. The van der Waals surface area contributed by atoms with Gasteiger partial charge in [0.15, 0.2) is 0 Å². The van der Waals surface area contributed by atoms with Crippen molar-refractivity contribution in [2.75, 3.05) is 0 Å². The Labute approximate surface area is 192 Å². The summed E-state index contributed by atoms with van der Waals surface area (Å²) in [6.07, 6.45) is 4.55. The zero-order chi connectivity index (χ0) is 22.9. The van der Waals surface area contributed by atoms with Gasteiger partial charge >= 0.3 is 0 Å². The summed E-state index contributed by atoms with van der Waals surface area (Å²) in [7, 11) is 0. The van der Waals surface area contributed by atoms with E-state index in [-0.39, 0.29) is 17.4 Å². The molecular formula is C30H34O2. The maximum Gasteiger partial charge on any atom is 0.115 e. The molecule has 1 fully saturated rings. The van der Waals surface area contributed by atoms with Crippen LogP contribution in [0.2, 0.25) is 0 Å². The predicted octanol–water partition coefficient (Wildman–Crippen LogP) is 7.56. The Bertz CT molecular complexity index is 1100. The number of hydrogen-bond donors (Lipinski definition) is 2. The Kier molecular flexibility index (Phi) is 6.01. The number of phenols is 1. The molecule has 1 atom stereocenters. The minimum atomic E-state index is 0.0589. The van der Waals surface area contributed by atoms with Crippen LogP contribution in [0.4, 0.5) is 0 Å². The van der Waals surface area contributed by atoms with Crippen LogP contribution in [0.25, 0.3) is 17.2 Å². The van der Waals surface area contributed by atoms with Crippen molar-refractivity contribution in [1.82, 2.24) is 0 Å². The van der Waals surface area contributed by atoms with Gasteiger partial charge in [-0.1, -0.05) is 93.9 Å². The maximum absolute atomic E-state index is 9.68. The van der Waals surface area contributed by atoms with E-state index >= 15 is 0 Å². The van der Waals surface area contributed by atoms with Crippen molar-refractivity contribution in [3.05, 3.63) is 95.1 Å². The second kappa shape index (κ2) is 8.60. The van der Waals surface area contributed by atoms with Crippen molar-refractivity contribution in [3.8, 4) is 16.9 Å². The van der Waals surface area contributed by atoms with E-state index in [4.69, 9.17) is 0 Å². The van der Waals surface area contributed by atoms with E-state index in [1.807, 2.05) is 24.3 Å². The first-order valence-electron chi connectivity index (χ1n) is 11.5. The Morgan fingerprint density at radius 3 is 2.22 bits per heavy atom. The molecule has 2 N–H and O–H groups in total. The number of aromatic hydroxyl groups is 1. The summed E-state index contributed by atoms with van der Waals surface area (Å²) in [5.74, 6) is 0.635. The molecule has 3 aromatic rings. The molecule has 0 bridgehead atoms. The molecule has 1 saturated carbocycles. The summed E-state index contributed by atoms with van der Waals surface area (Å²) in [4.78, 5) is 0. The Hall–Kier alpha value is -2.84. The number of hydrogen-bond acceptors (Lipinski definition) is 2. The molecule has 2 nitrogen and oxygen atoms in total. The van der Waals surface area contributed by atoms with E-state index in [1.165, 1.54) is 16.7 Å². The minimum absolute atomic E-state index is 0.0589. The number of aliphatic hydroxyl groups excluding tert-OH is 1. The highest BCUT2D eigenvalue weighted by atomic mass is 16.3. The highest BCUT2D eigenvalue weighted by Gasteiger charge is 2.43. The second-order valence-electron chi connectivity index (χ2n) is 10.7. The fraction of sp³-hybridized carbons (Fsp3) is 0.333. The molecule has 0 saturated heterocycles. The zero-order valence-corrected chi connectivity index (χ0v) is 19.6. The van der Waals surface area contributed by atoms with Crippen LogP contribution < -0.4 is 0 Å². The van der Waals surface area contributed by atoms with E-state index in [0.717, 1.165) is 29.5 Å². The summed E-state index contributed by atoms with van der Waals surface area (Å²) < 4.78 is 0. The lowest BCUT2D eigenvalue weighted by Gasteiger charge is -2.48. The zero-order valence-electron chi connectivity index (χ0n) is 19.6. The van der Waals surface area contributed by atoms with Crippen LogP contribution in [0.1, 0.15) is 63.1 Å². The first-order valence-corrected chi connectivity index (χ1v) is 11.5. The molecule has 0 aliphatic heterocycles. The molecule has 0 heterocycles. The fourth-order valence-corrected chi connectivity index (χ4v) is 5.86. The molecule has 166 valence electrons. The molecule has 2 heteroatoms. The van der Waals surface area contributed by atoms with Gasteiger partial charge in [-0.05, 0) is 69.7 Å². The summed E-state index contributed by atoms with van der Waals surface area (Å²) in [6.45, 7) is 9.58. The van der Waals surface area contributed by atoms with Crippen molar-refractivity contribution in [2.45, 2.75) is 53.1 Å². The molecular weight excluding hydrogens is 392 g/mol. The lowest BCUT2D eigenvalue weighted by molar-refractivity contribution is 0.131. The van der Waals surface area contributed by atoms with Crippen molar-refractivity contribution in [2.24, 2.45) is 10.8 Å². The van der Waals surface area contributed by atoms with Gasteiger partial charge in [0, 0.05) is 5.92 Å². The Balaban J connectivity index is 1.73. The third kappa shape index (κ3) is 4.81. The smallest absolute Gasteiger partial charge is 0.115 e. The average molecular weight is 427 g/mol. The van der Waals surface area contributed by atoms with Crippen LogP contribution in [-0.2, 0) is 6.61 Å². The van der Waals surface area contributed by atoms with Crippen LogP contribution in [-0.4, -0.2) is 10.2 Å². The van der Waals surface area contributed by atoms with Crippen LogP contribution in [0.15, 0.2) is 78.4 Å². The van der Waals surface area contributed by atoms with Crippen molar-refractivity contribution >= 4 is 6.08 Å². The van der Waals surface area contributed by atoms with Gasteiger partial charge in [0.25, 0.3) is 0 Å². The molecule has 3 aromatic carbocycles. The van der Waals surface area contributed by atoms with Crippen molar-refractivity contribution in [1.29, 1.82) is 0 Å². The third-order valence-corrected chi connectivity index (χ3v) is 6.70. The molecule has 1 aliphatic rings. The lowest BCUT2D eigenvalue weighted by atomic mass is 9.56. The van der Waals surface area contributed by atoms with Gasteiger partial charge < -0.3 is 10.2 Å². The van der Waals surface area contributed by atoms with Gasteiger partial charge in [0.05, 0.1) is 6.61 Å². The first-order chi connectivity index (χ1) is 15.2. The molecule has 0 spiro atoms. The molecule has 32 heavy (non-hydrogen) atoms. The maximum atomic E-state index is 9.68. The van der Waals surface area contributed by atoms with Gasteiger partial charge in [-0.15, -0.1) is 0 Å². The summed E-state index contributed by atoms with van der Waals surface area (Å²) in [5, 5.41) is 19.1. The summed E-state index contributed by atoms with van der Waals surface area (Å²) in [6, 6.07) is 24.6. The van der Waals surface area contributed by atoms with Crippen molar-refractivity contribution in [3.63, 3.8) is 0 Å². The topological polar surface area (TPSA) is 40.5 Å². The normalized spacial score (nSPS) is 20.9. The number of aliphatic hydroxyl groups is 1. The molecule has 1 aliphatic carbocycles. The highest BCUT2D eigenvalue weighted by Crippen LogP contribution is 2.56. The van der Waals surface area contributed by atoms with E-state index in [2.05, 4.69) is 70.2 Å². The number of allylic oxidation sites excluding steroid dienone is 1. The Morgan fingerprint density at radius 2 is 1.56 bits per heavy atom. The highest BCUT2D eigenvalue weighted by molar-refractivity contribution is 5.65. The molecule has 0 amide bonds. The largest absolute Gasteiger partial charge is 0.508 e. The second-order valence-corrected chi connectivity index (χ2v) is 10.7. The van der Waals surface area contributed by atoms with E-state index < -0.39 is 0 Å².